The number of carbonyl (C=O) groups is 4. The molecular weight excluding hydrogens is 1500 g/mol. The summed E-state index contributed by atoms with van der Waals surface area (Å²) in [6.07, 6.45) is 90.5. The third kappa shape index (κ3) is 89.8. The summed E-state index contributed by atoms with van der Waals surface area (Å²) in [7, 11) is -9.94. The van der Waals surface area contributed by atoms with Gasteiger partial charge in [0.25, 0.3) is 0 Å². The maximum Gasteiger partial charge on any atom is 0.472 e. The van der Waals surface area contributed by atoms with Gasteiger partial charge in [0.2, 0.25) is 0 Å². The van der Waals surface area contributed by atoms with Crippen molar-refractivity contribution in [3.8, 4) is 0 Å². The molecule has 0 aliphatic rings. The van der Waals surface area contributed by atoms with Crippen LogP contribution in [-0.2, 0) is 65.4 Å². The number of esters is 4. The molecule has 2 unspecified atom stereocenters. The van der Waals surface area contributed by atoms with E-state index in [2.05, 4.69) is 27.7 Å². The molecule has 0 bridgehead atoms. The van der Waals surface area contributed by atoms with E-state index in [1.807, 2.05) is 0 Å². The minimum Gasteiger partial charge on any atom is -0.462 e. The van der Waals surface area contributed by atoms with Crippen molar-refractivity contribution in [1.82, 2.24) is 0 Å². The summed E-state index contributed by atoms with van der Waals surface area (Å²) in [6, 6.07) is 0. The van der Waals surface area contributed by atoms with Crippen LogP contribution in [0.4, 0.5) is 0 Å². The maximum absolute atomic E-state index is 13.2. The minimum atomic E-state index is -4.97. The van der Waals surface area contributed by atoms with Crippen LogP contribution in [0, 0.1) is 0 Å². The third-order valence-electron chi connectivity index (χ3n) is 23.1. The summed E-state index contributed by atoms with van der Waals surface area (Å²) in [4.78, 5) is 73.6. The SMILES string of the molecule is CCCCCCCCCCCCCCCCCCCCCCCCC(=O)O[C@H](COC(=O)CCCCCCCCCCCCCCCCCCCCCCC)COP(=O)(O)OC[C@@H](O)COP(=O)(O)OC[C@@H](COC(=O)CCCCCCCCCCCCCCC)OC(=O)CCCCCCCCCCCCCCCCCCCCCC. The second-order valence-electron chi connectivity index (χ2n) is 34.8. The quantitative estimate of drug-likeness (QED) is 0.0222. The van der Waals surface area contributed by atoms with Gasteiger partial charge in [0.05, 0.1) is 26.4 Å². The molecule has 0 saturated heterocycles. The largest absolute Gasteiger partial charge is 0.472 e. The van der Waals surface area contributed by atoms with Crippen molar-refractivity contribution < 1.29 is 80.2 Å². The molecule has 5 atom stereocenters. The molecule has 0 aromatic rings. The fourth-order valence-corrected chi connectivity index (χ4v) is 17.0. The van der Waals surface area contributed by atoms with Crippen molar-refractivity contribution in [3.05, 3.63) is 0 Å². The van der Waals surface area contributed by atoms with Crippen LogP contribution >= 0.6 is 15.6 Å². The molecule has 0 amide bonds. The highest BCUT2D eigenvalue weighted by Gasteiger charge is 2.31. The highest BCUT2D eigenvalue weighted by atomic mass is 31.2. The minimum absolute atomic E-state index is 0.110. The number of ether oxygens (including phenoxy) is 4. The standard InChI is InChI=1S/C97H190O17P2/c1-5-9-13-17-21-25-29-33-36-39-42-45-47-50-53-56-60-64-68-72-76-80-84-97(102)114-93(88-108-95(100)82-78-74-70-66-62-58-54-51-49-46-43-40-37-34-30-26-22-18-14-10-6-2)90-112-116(105,106)110-86-91(98)85-109-115(103,104)111-89-92(87-107-94(99)81-77-73-69-65-61-57-32-28-24-20-16-12-8-4)113-96(101)83-79-75-71-67-63-59-55-52-48-44-41-38-35-31-27-23-19-15-11-7-3/h91-93,98H,5-90H2,1-4H3,(H,103,104)(H,105,106)/t91-,92+,93+/m0/s1. The molecule has 0 saturated carbocycles. The van der Waals surface area contributed by atoms with Gasteiger partial charge < -0.3 is 33.8 Å². The Balaban J connectivity index is 5.24. The fourth-order valence-electron chi connectivity index (χ4n) is 15.5. The van der Waals surface area contributed by atoms with Crippen LogP contribution in [0.3, 0.4) is 0 Å². The van der Waals surface area contributed by atoms with Crippen LogP contribution in [0.2, 0.25) is 0 Å². The van der Waals surface area contributed by atoms with E-state index in [1.165, 1.54) is 372 Å². The number of hydrogen-bond acceptors (Lipinski definition) is 15. The van der Waals surface area contributed by atoms with Gasteiger partial charge in [0, 0.05) is 25.7 Å². The highest BCUT2D eigenvalue weighted by Crippen LogP contribution is 2.45. The molecule has 0 aromatic carbocycles. The summed E-state index contributed by atoms with van der Waals surface area (Å²) < 4.78 is 69.3. The van der Waals surface area contributed by atoms with Gasteiger partial charge in [0.1, 0.15) is 19.3 Å². The first-order chi connectivity index (χ1) is 56.7. The van der Waals surface area contributed by atoms with E-state index in [9.17, 15) is 43.2 Å². The highest BCUT2D eigenvalue weighted by molar-refractivity contribution is 7.47. The molecular formula is C97H190O17P2. The van der Waals surface area contributed by atoms with E-state index in [0.29, 0.717) is 25.7 Å². The summed E-state index contributed by atoms with van der Waals surface area (Å²) in [5, 5.41) is 10.7. The van der Waals surface area contributed by atoms with Crippen molar-refractivity contribution in [2.45, 2.75) is 560 Å². The molecule has 0 rings (SSSR count). The monoisotopic (exact) mass is 1690 g/mol. The summed E-state index contributed by atoms with van der Waals surface area (Å²) >= 11 is 0. The first kappa shape index (κ1) is 114. The molecule has 0 aliphatic carbocycles. The molecule has 0 radical (unpaired) electrons. The van der Waals surface area contributed by atoms with E-state index < -0.39 is 97.5 Å². The lowest BCUT2D eigenvalue weighted by Gasteiger charge is -2.21. The Morgan fingerprint density at radius 2 is 0.345 bits per heavy atom. The van der Waals surface area contributed by atoms with E-state index in [-0.39, 0.29) is 25.7 Å². The second kappa shape index (κ2) is 90.8. The van der Waals surface area contributed by atoms with Gasteiger partial charge in [-0.25, -0.2) is 9.13 Å². The predicted molar refractivity (Wildman–Crippen MR) is 483 cm³/mol. The molecule has 690 valence electrons. The van der Waals surface area contributed by atoms with Crippen molar-refractivity contribution in [2.75, 3.05) is 39.6 Å². The fraction of sp³-hybridized carbons (Fsp3) is 0.959. The Kier molecular flexibility index (Phi) is 89.3. The van der Waals surface area contributed by atoms with Gasteiger partial charge in [-0.15, -0.1) is 0 Å². The molecule has 0 heterocycles. The van der Waals surface area contributed by atoms with Crippen LogP contribution in [0.25, 0.3) is 0 Å². The molecule has 0 spiro atoms. The van der Waals surface area contributed by atoms with E-state index in [1.54, 1.807) is 0 Å². The predicted octanol–water partition coefficient (Wildman–Crippen LogP) is 30.8. The van der Waals surface area contributed by atoms with Crippen LogP contribution in [0.5, 0.6) is 0 Å². The van der Waals surface area contributed by atoms with Gasteiger partial charge in [-0.3, -0.25) is 37.3 Å². The second-order valence-corrected chi connectivity index (χ2v) is 37.7. The molecule has 116 heavy (non-hydrogen) atoms. The van der Waals surface area contributed by atoms with Gasteiger partial charge in [-0.2, -0.15) is 0 Å². The van der Waals surface area contributed by atoms with Gasteiger partial charge in [-0.1, -0.05) is 490 Å². The molecule has 0 aliphatic heterocycles. The van der Waals surface area contributed by atoms with Crippen LogP contribution in [-0.4, -0.2) is 96.7 Å². The average molecular weight is 1690 g/mol. The van der Waals surface area contributed by atoms with Gasteiger partial charge in [0.15, 0.2) is 12.2 Å². The smallest absolute Gasteiger partial charge is 0.462 e. The first-order valence-electron chi connectivity index (χ1n) is 50.3. The van der Waals surface area contributed by atoms with Crippen LogP contribution in [0.1, 0.15) is 541 Å². The zero-order chi connectivity index (χ0) is 84.5. The average Bonchev–Trinajstić information content (AvgIpc) is 0.898. The normalized spacial score (nSPS) is 13.5. The molecule has 19 heteroatoms. The number of phosphoric acid groups is 2. The molecule has 17 nitrogen and oxygen atoms in total. The zero-order valence-electron chi connectivity index (χ0n) is 76.5. The van der Waals surface area contributed by atoms with Crippen LogP contribution in [0.15, 0.2) is 0 Å². The number of aliphatic hydroxyl groups excluding tert-OH is 1. The summed E-state index contributed by atoms with van der Waals surface area (Å²) in [6.45, 7) is 5.12. The molecule has 0 aromatic heterocycles. The molecule has 3 N–H and O–H groups in total. The van der Waals surface area contributed by atoms with Gasteiger partial charge >= 0.3 is 39.5 Å². The summed E-state index contributed by atoms with van der Waals surface area (Å²) in [5.41, 5.74) is 0. The number of rotatable bonds is 98. The van der Waals surface area contributed by atoms with Crippen molar-refractivity contribution in [2.24, 2.45) is 0 Å². The Labute approximate surface area is 715 Å². The Morgan fingerprint density at radius 1 is 0.207 bits per heavy atom. The number of aliphatic hydroxyl groups is 1. The lowest BCUT2D eigenvalue weighted by Crippen LogP contribution is -2.30. The van der Waals surface area contributed by atoms with E-state index in [0.717, 1.165) is 89.9 Å². The van der Waals surface area contributed by atoms with Crippen molar-refractivity contribution in [3.63, 3.8) is 0 Å². The number of unbranched alkanes of at least 4 members (excludes halogenated alkanes) is 72. The van der Waals surface area contributed by atoms with Crippen molar-refractivity contribution in [1.29, 1.82) is 0 Å². The van der Waals surface area contributed by atoms with Crippen LogP contribution < -0.4 is 0 Å². The zero-order valence-corrected chi connectivity index (χ0v) is 78.3. The number of carbonyl (C=O) groups excluding carboxylic acids is 4. The molecule has 0 fully saturated rings. The topological polar surface area (TPSA) is 237 Å². The summed E-state index contributed by atoms with van der Waals surface area (Å²) in [5.74, 6) is -2.08. The number of phosphoric ester groups is 2. The number of hydrogen-bond donors (Lipinski definition) is 3. The van der Waals surface area contributed by atoms with E-state index >= 15 is 0 Å². The lowest BCUT2D eigenvalue weighted by molar-refractivity contribution is -0.161. The van der Waals surface area contributed by atoms with E-state index in [4.69, 9.17) is 37.0 Å². The Bertz CT molecular complexity index is 2170. The maximum atomic E-state index is 13.2. The third-order valence-corrected chi connectivity index (χ3v) is 25.0. The Morgan fingerprint density at radius 3 is 0.509 bits per heavy atom. The van der Waals surface area contributed by atoms with Crippen molar-refractivity contribution >= 4 is 39.5 Å². The Hall–Kier alpha value is -1.94. The first-order valence-corrected chi connectivity index (χ1v) is 53.3. The van der Waals surface area contributed by atoms with Gasteiger partial charge in [-0.05, 0) is 25.7 Å². The lowest BCUT2D eigenvalue weighted by atomic mass is 10.0.